The van der Waals surface area contributed by atoms with E-state index in [1.165, 1.54) is 35.2 Å². The van der Waals surface area contributed by atoms with Crippen LogP contribution in [0, 0.1) is 11.6 Å². The summed E-state index contributed by atoms with van der Waals surface area (Å²) in [5.41, 5.74) is -0.0302. The average Bonchev–Trinajstić information content (AvgIpc) is 3.55. The van der Waals surface area contributed by atoms with Crippen molar-refractivity contribution in [1.82, 2.24) is 9.80 Å². The van der Waals surface area contributed by atoms with Gasteiger partial charge in [-0.15, -0.1) is 0 Å². The molecule has 7 heteroatoms. The Morgan fingerprint density at radius 1 is 0.971 bits per heavy atom. The summed E-state index contributed by atoms with van der Waals surface area (Å²) in [5, 5.41) is 0. The number of hydrogen-bond acceptors (Lipinski definition) is 3. The molecule has 0 spiro atoms. The van der Waals surface area contributed by atoms with E-state index in [-0.39, 0.29) is 48.3 Å². The lowest BCUT2D eigenvalue weighted by molar-refractivity contribution is -0.144. The number of rotatable bonds is 5. The van der Waals surface area contributed by atoms with E-state index in [2.05, 4.69) is 0 Å². The molecule has 2 aromatic rings. The Hall–Kier alpha value is -3.09. The fourth-order valence-electron chi connectivity index (χ4n) is 5.91. The second kappa shape index (κ2) is 8.93. The Kier molecular flexibility index (Phi) is 5.96. The highest BCUT2D eigenvalue weighted by Crippen LogP contribution is 2.43. The number of halogens is 2. The zero-order chi connectivity index (χ0) is 23.9. The van der Waals surface area contributed by atoms with E-state index in [4.69, 9.17) is 0 Å². The third-order valence-corrected chi connectivity index (χ3v) is 7.75. The molecule has 5 nitrogen and oxygen atoms in total. The molecule has 2 aliphatic heterocycles. The maximum Gasteiger partial charge on any atom is 0.241 e. The van der Waals surface area contributed by atoms with Gasteiger partial charge in [-0.25, -0.2) is 8.78 Å². The van der Waals surface area contributed by atoms with Crippen LogP contribution in [0.15, 0.2) is 48.5 Å². The van der Waals surface area contributed by atoms with Crippen LogP contribution in [-0.2, 0) is 19.8 Å². The number of carbonyl (C=O) groups excluding carboxylic acids is 3. The van der Waals surface area contributed by atoms with Crippen LogP contribution in [-0.4, -0.2) is 46.7 Å². The van der Waals surface area contributed by atoms with Crippen LogP contribution in [0.1, 0.15) is 62.0 Å². The first-order chi connectivity index (χ1) is 16.4. The van der Waals surface area contributed by atoms with Crippen LogP contribution in [0.5, 0.6) is 0 Å². The second-order valence-corrected chi connectivity index (χ2v) is 9.83. The lowest BCUT2D eigenvalue weighted by Crippen LogP contribution is -2.45. The van der Waals surface area contributed by atoms with Gasteiger partial charge in [0.15, 0.2) is 0 Å². The van der Waals surface area contributed by atoms with Crippen molar-refractivity contribution in [2.45, 2.75) is 62.3 Å². The Balaban J connectivity index is 1.40. The zero-order valence-electron chi connectivity index (χ0n) is 19.0. The molecule has 3 aliphatic rings. The van der Waals surface area contributed by atoms with Crippen molar-refractivity contribution in [1.29, 1.82) is 0 Å². The third kappa shape index (κ3) is 4.01. The highest BCUT2D eigenvalue weighted by Gasteiger charge is 2.56. The van der Waals surface area contributed by atoms with E-state index in [1.807, 2.05) is 0 Å². The molecular weight excluding hydrogens is 438 g/mol. The number of carbonyl (C=O) groups is 3. The van der Waals surface area contributed by atoms with Crippen molar-refractivity contribution in [3.8, 4) is 0 Å². The Bertz CT molecular complexity index is 1110. The summed E-state index contributed by atoms with van der Waals surface area (Å²) in [5.74, 6) is -1.59. The standard InChI is InChI=1S/C27H28F2N2O3/c28-21-10-8-18(9-11-21)19-12-13-30(17-19)24(32)15-27(20-4-3-5-22(29)14-20)16-25(33)31(26(27)34)23-6-1-2-7-23/h3-5,8-11,14,19,23H,1-2,6-7,12-13,15-17H2/t19-,27+/m0/s1. The molecule has 1 aliphatic carbocycles. The van der Waals surface area contributed by atoms with E-state index in [9.17, 15) is 23.2 Å². The van der Waals surface area contributed by atoms with E-state index >= 15 is 0 Å². The molecule has 5 rings (SSSR count). The molecule has 0 aromatic heterocycles. The molecule has 2 aromatic carbocycles. The van der Waals surface area contributed by atoms with Gasteiger partial charge in [-0.1, -0.05) is 37.1 Å². The first-order valence-corrected chi connectivity index (χ1v) is 12.0. The van der Waals surface area contributed by atoms with Gasteiger partial charge in [0.1, 0.15) is 11.6 Å². The van der Waals surface area contributed by atoms with Crippen LogP contribution in [0.4, 0.5) is 8.78 Å². The van der Waals surface area contributed by atoms with E-state index in [0.717, 1.165) is 37.7 Å². The van der Waals surface area contributed by atoms with Gasteiger partial charge in [-0.05, 0) is 54.7 Å². The first kappa shape index (κ1) is 22.7. The lowest BCUT2D eigenvalue weighted by Gasteiger charge is -2.30. The van der Waals surface area contributed by atoms with E-state index in [1.54, 1.807) is 23.1 Å². The number of benzene rings is 2. The first-order valence-electron chi connectivity index (χ1n) is 12.0. The summed E-state index contributed by atoms with van der Waals surface area (Å²) in [4.78, 5) is 43.4. The fraction of sp³-hybridized carbons (Fsp3) is 0.444. The van der Waals surface area contributed by atoms with Gasteiger partial charge in [0.05, 0.1) is 5.41 Å². The van der Waals surface area contributed by atoms with E-state index in [0.29, 0.717) is 18.7 Å². The van der Waals surface area contributed by atoms with Gasteiger partial charge in [-0.3, -0.25) is 19.3 Å². The fourth-order valence-corrected chi connectivity index (χ4v) is 5.91. The van der Waals surface area contributed by atoms with Gasteiger partial charge in [0, 0.05) is 37.9 Å². The van der Waals surface area contributed by atoms with Crippen LogP contribution >= 0.6 is 0 Å². The normalized spacial score (nSPS) is 25.5. The summed E-state index contributed by atoms with van der Waals surface area (Å²) in [6.07, 6.45) is 3.93. The molecule has 0 radical (unpaired) electrons. The quantitative estimate of drug-likeness (QED) is 0.617. The smallest absolute Gasteiger partial charge is 0.241 e. The lowest BCUT2D eigenvalue weighted by atomic mass is 9.75. The van der Waals surface area contributed by atoms with Gasteiger partial charge in [0.25, 0.3) is 0 Å². The minimum absolute atomic E-state index is 0.0885. The van der Waals surface area contributed by atoms with Crippen LogP contribution in [0.25, 0.3) is 0 Å². The predicted octanol–water partition coefficient (Wildman–Crippen LogP) is 4.31. The summed E-state index contributed by atoms with van der Waals surface area (Å²) >= 11 is 0. The van der Waals surface area contributed by atoms with Crippen LogP contribution in [0.3, 0.4) is 0 Å². The molecule has 34 heavy (non-hydrogen) atoms. The topological polar surface area (TPSA) is 57.7 Å². The SMILES string of the molecule is O=C(C[C@]1(c2cccc(F)c2)CC(=O)N(C2CCCC2)C1=O)N1CC[C@H](c2ccc(F)cc2)C1. The zero-order valence-corrected chi connectivity index (χ0v) is 19.0. The summed E-state index contributed by atoms with van der Waals surface area (Å²) in [6.45, 7) is 0.993. The maximum atomic E-state index is 14.2. The minimum Gasteiger partial charge on any atom is -0.342 e. The largest absolute Gasteiger partial charge is 0.342 e. The summed E-state index contributed by atoms with van der Waals surface area (Å²) in [6, 6.07) is 11.9. The summed E-state index contributed by atoms with van der Waals surface area (Å²) < 4.78 is 27.5. The van der Waals surface area contributed by atoms with Gasteiger partial charge in [0.2, 0.25) is 17.7 Å². The number of imide groups is 1. The predicted molar refractivity (Wildman–Crippen MR) is 122 cm³/mol. The second-order valence-electron chi connectivity index (χ2n) is 9.83. The molecule has 0 unspecified atom stereocenters. The maximum absolute atomic E-state index is 14.2. The summed E-state index contributed by atoms with van der Waals surface area (Å²) in [7, 11) is 0. The molecule has 2 heterocycles. The van der Waals surface area contributed by atoms with Crippen molar-refractivity contribution < 1.29 is 23.2 Å². The highest BCUT2D eigenvalue weighted by atomic mass is 19.1. The number of nitrogens with zero attached hydrogens (tertiary/aromatic N) is 2. The number of amides is 3. The van der Waals surface area contributed by atoms with Crippen LogP contribution < -0.4 is 0 Å². The van der Waals surface area contributed by atoms with Crippen molar-refractivity contribution in [2.75, 3.05) is 13.1 Å². The Labute approximate surface area is 197 Å². The van der Waals surface area contributed by atoms with Gasteiger partial charge in [-0.2, -0.15) is 0 Å². The molecule has 1 saturated carbocycles. The minimum atomic E-state index is -1.38. The molecular formula is C27H28F2N2O3. The van der Waals surface area contributed by atoms with Gasteiger partial charge >= 0.3 is 0 Å². The van der Waals surface area contributed by atoms with Crippen molar-refractivity contribution >= 4 is 17.7 Å². The molecule has 2 atom stereocenters. The van der Waals surface area contributed by atoms with E-state index < -0.39 is 11.2 Å². The Morgan fingerprint density at radius 3 is 2.41 bits per heavy atom. The molecule has 3 fully saturated rings. The van der Waals surface area contributed by atoms with Gasteiger partial charge < -0.3 is 4.90 Å². The monoisotopic (exact) mass is 466 g/mol. The van der Waals surface area contributed by atoms with Crippen molar-refractivity contribution in [2.24, 2.45) is 0 Å². The Morgan fingerprint density at radius 2 is 1.71 bits per heavy atom. The molecule has 0 N–H and O–H groups in total. The molecule has 2 saturated heterocycles. The van der Waals surface area contributed by atoms with Crippen molar-refractivity contribution in [3.63, 3.8) is 0 Å². The molecule has 0 bridgehead atoms. The highest BCUT2D eigenvalue weighted by molar-refractivity contribution is 6.11. The average molecular weight is 467 g/mol. The number of likely N-dealkylation sites (tertiary alicyclic amines) is 2. The number of hydrogen-bond donors (Lipinski definition) is 0. The third-order valence-electron chi connectivity index (χ3n) is 7.75. The van der Waals surface area contributed by atoms with Crippen molar-refractivity contribution in [3.05, 3.63) is 71.3 Å². The van der Waals surface area contributed by atoms with Crippen LogP contribution in [0.2, 0.25) is 0 Å². The molecule has 3 amide bonds. The molecule has 178 valence electrons.